The van der Waals surface area contributed by atoms with Crippen molar-refractivity contribution < 1.29 is 9.90 Å². The standard InChI is InChI=1S/C26H22Cl2N2O3/c27-20-13-12-17(15-21(20)28)9-6-14-29-25(32)23-19-10-4-5-11-22(19)30(26(33)24(23)31)16-18-7-2-1-3-8-18/h1-5,7-8,10-13,15,31H,6,9,14,16H2,(H,29,32). The Hall–Kier alpha value is -3.28. The van der Waals surface area contributed by atoms with Gasteiger partial charge in [-0.1, -0.05) is 77.8 Å². The first-order valence-electron chi connectivity index (χ1n) is 10.6. The average molecular weight is 481 g/mol. The van der Waals surface area contributed by atoms with Crippen molar-refractivity contribution >= 4 is 40.0 Å². The summed E-state index contributed by atoms with van der Waals surface area (Å²) in [5.41, 5.74) is 1.91. The molecule has 0 saturated heterocycles. The van der Waals surface area contributed by atoms with E-state index in [2.05, 4.69) is 5.32 Å². The number of halogens is 2. The molecule has 1 heterocycles. The SMILES string of the molecule is O=C(NCCCc1ccc(Cl)c(Cl)c1)c1c(O)c(=O)n(Cc2ccccc2)c2ccccc12. The highest BCUT2D eigenvalue weighted by Gasteiger charge is 2.21. The highest BCUT2D eigenvalue weighted by atomic mass is 35.5. The molecule has 1 amide bonds. The summed E-state index contributed by atoms with van der Waals surface area (Å²) in [4.78, 5) is 26.0. The summed E-state index contributed by atoms with van der Waals surface area (Å²) in [5, 5.41) is 15.0. The Kier molecular flexibility index (Phi) is 7.02. The second-order valence-electron chi connectivity index (χ2n) is 7.73. The van der Waals surface area contributed by atoms with Gasteiger partial charge in [-0.2, -0.15) is 0 Å². The van der Waals surface area contributed by atoms with Crippen molar-refractivity contribution in [1.29, 1.82) is 0 Å². The minimum Gasteiger partial charge on any atom is -0.502 e. The van der Waals surface area contributed by atoms with Gasteiger partial charge in [0.05, 0.1) is 27.7 Å². The molecular weight excluding hydrogens is 459 g/mol. The highest BCUT2D eigenvalue weighted by Crippen LogP contribution is 2.25. The lowest BCUT2D eigenvalue weighted by atomic mass is 10.1. The Bertz CT molecular complexity index is 1370. The van der Waals surface area contributed by atoms with Gasteiger partial charge in [0.1, 0.15) is 0 Å². The lowest BCUT2D eigenvalue weighted by Crippen LogP contribution is -2.29. The molecule has 0 bridgehead atoms. The van der Waals surface area contributed by atoms with Crippen molar-refractivity contribution in [3.8, 4) is 5.75 Å². The summed E-state index contributed by atoms with van der Waals surface area (Å²) in [6.07, 6.45) is 1.36. The van der Waals surface area contributed by atoms with Crippen LogP contribution in [0.4, 0.5) is 0 Å². The van der Waals surface area contributed by atoms with Crippen LogP contribution in [-0.2, 0) is 13.0 Å². The molecule has 4 aromatic rings. The van der Waals surface area contributed by atoms with Crippen LogP contribution in [0.5, 0.6) is 5.75 Å². The third-order valence-corrected chi connectivity index (χ3v) is 6.21. The van der Waals surface area contributed by atoms with Crippen LogP contribution in [0.2, 0.25) is 10.0 Å². The Labute approximate surface area is 201 Å². The van der Waals surface area contributed by atoms with Gasteiger partial charge in [-0.15, -0.1) is 0 Å². The molecule has 7 heteroatoms. The number of pyridine rings is 1. The second kappa shape index (κ2) is 10.1. The van der Waals surface area contributed by atoms with E-state index >= 15 is 0 Å². The van der Waals surface area contributed by atoms with E-state index in [4.69, 9.17) is 23.2 Å². The van der Waals surface area contributed by atoms with E-state index in [9.17, 15) is 14.7 Å². The zero-order valence-electron chi connectivity index (χ0n) is 17.7. The molecular formula is C26H22Cl2N2O3. The smallest absolute Gasteiger partial charge is 0.294 e. The minimum absolute atomic E-state index is 0.00514. The van der Waals surface area contributed by atoms with Crippen LogP contribution in [0.25, 0.3) is 10.9 Å². The van der Waals surface area contributed by atoms with Gasteiger partial charge < -0.3 is 15.0 Å². The summed E-state index contributed by atoms with van der Waals surface area (Å²) in [6, 6.07) is 22.0. The molecule has 33 heavy (non-hydrogen) atoms. The summed E-state index contributed by atoms with van der Waals surface area (Å²) in [7, 11) is 0. The van der Waals surface area contributed by atoms with Crippen molar-refractivity contribution in [2.45, 2.75) is 19.4 Å². The third kappa shape index (κ3) is 5.05. The summed E-state index contributed by atoms with van der Waals surface area (Å²) in [5.74, 6) is -1.03. The lowest BCUT2D eigenvalue weighted by molar-refractivity contribution is 0.0952. The summed E-state index contributed by atoms with van der Waals surface area (Å²) in [6.45, 7) is 0.666. The molecule has 5 nitrogen and oxygen atoms in total. The summed E-state index contributed by atoms with van der Waals surface area (Å²) < 4.78 is 1.49. The Morgan fingerprint density at radius 2 is 1.64 bits per heavy atom. The fourth-order valence-corrected chi connectivity index (χ4v) is 4.14. The molecule has 2 N–H and O–H groups in total. The Balaban J connectivity index is 1.55. The van der Waals surface area contributed by atoms with Gasteiger partial charge >= 0.3 is 0 Å². The number of benzene rings is 3. The minimum atomic E-state index is -0.599. The molecule has 0 spiro atoms. The Morgan fingerprint density at radius 1 is 0.909 bits per heavy atom. The molecule has 0 aliphatic rings. The fourth-order valence-electron chi connectivity index (χ4n) is 3.82. The van der Waals surface area contributed by atoms with Crippen LogP contribution < -0.4 is 10.9 Å². The molecule has 168 valence electrons. The number of hydrogen-bond acceptors (Lipinski definition) is 3. The first-order chi connectivity index (χ1) is 16.0. The number of aromatic nitrogens is 1. The maximum atomic E-state index is 13.0. The predicted octanol–water partition coefficient (Wildman–Crippen LogP) is 5.42. The van der Waals surface area contributed by atoms with Gasteiger partial charge in [-0.05, 0) is 42.2 Å². The van der Waals surface area contributed by atoms with Crippen molar-refractivity contribution in [2.75, 3.05) is 6.54 Å². The molecule has 4 rings (SSSR count). The molecule has 0 saturated carbocycles. The van der Waals surface area contributed by atoms with Crippen molar-refractivity contribution in [3.63, 3.8) is 0 Å². The molecule has 3 aromatic carbocycles. The van der Waals surface area contributed by atoms with E-state index in [-0.39, 0.29) is 5.56 Å². The number of nitrogens with zero attached hydrogens (tertiary/aromatic N) is 1. The largest absolute Gasteiger partial charge is 0.502 e. The van der Waals surface area contributed by atoms with E-state index in [1.807, 2.05) is 36.4 Å². The Morgan fingerprint density at radius 3 is 2.39 bits per heavy atom. The number of fused-ring (bicyclic) bond motifs is 1. The molecule has 0 aliphatic heterocycles. The fraction of sp³-hybridized carbons (Fsp3) is 0.154. The number of aryl methyl sites for hydroxylation is 1. The number of para-hydroxylation sites is 1. The number of aromatic hydroxyl groups is 1. The molecule has 0 unspecified atom stereocenters. The van der Waals surface area contributed by atoms with E-state index in [1.165, 1.54) is 4.57 Å². The zero-order chi connectivity index (χ0) is 23.4. The monoisotopic (exact) mass is 480 g/mol. The van der Waals surface area contributed by atoms with E-state index in [0.29, 0.717) is 46.9 Å². The lowest BCUT2D eigenvalue weighted by Gasteiger charge is -2.15. The normalized spacial score (nSPS) is 11.0. The topological polar surface area (TPSA) is 71.3 Å². The molecule has 1 aromatic heterocycles. The average Bonchev–Trinajstić information content (AvgIpc) is 2.82. The number of carbonyl (C=O) groups is 1. The third-order valence-electron chi connectivity index (χ3n) is 5.47. The first-order valence-corrected chi connectivity index (χ1v) is 11.3. The van der Waals surface area contributed by atoms with E-state index in [0.717, 1.165) is 11.1 Å². The molecule has 0 atom stereocenters. The quantitative estimate of drug-likeness (QED) is 0.346. The number of carbonyl (C=O) groups excluding carboxylic acids is 1. The van der Waals surface area contributed by atoms with Crippen LogP contribution in [0.15, 0.2) is 77.6 Å². The van der Waals surface area contributed by atoms with E-state index in [1.54, 1.807) is 36.4 Å². The van der Waals surface area contributed by atoms with Gasteiger partial charge in [0, 0.05) is 11.9 Å². The summed E-state index contributed by atoms with van der Waals surface area (Å²) >= 11 is 12.0. The van der Waals surface area contributed by atoms with Crippen molar-refractivity contribution in [2.24, 2.45) is 0 Å². The number of rotatable bonds is 7. The van der Waals surface area contributed by atoms with Gasteiger partial charge in [-0.3, -0.25) is 9.59 Å². The molecule has 0 radical (unpaired) electrons. The van der Waals surface area contributed by atoms with Crippen LogP contribution in [0.1, 0.15) is 27.9 Å². The number of hydrogen-bond donors (Lipinski definition) is 2. The van der Waals surface area contributed by atoms with Crippen LogP contribution in [0, 0.1) is 0 Å². The number of amides is 1. The first kappa shape index (κ1) is 22.9. The molecule has 0 fully saturated rings. The van der Waals surface area contributed by atoms with Gasteiger partial charge in [-0.25, -0.2) is 0 Å². The van der Waals surface area contributed by atoms with Gasteiger partial charge in [0.2, 0.25) is 0 Å². The van der Waals surface area contributed by atoms with Crippen molar-refractivity contribution in [3.05, 3.63) is 110 Å². The van der Waals surface area contributed by atoms with Crippen molar-refractivity contribution in [1.82, 2.24) is 9.88 Å². The van der Waals surface area contributed by atoms with Crippen LogP contribution in [-0.4, -0.2) is 22.1 Å². The van der Waals surface area contributed by atoms with E-state index < -0.39 is 17.2 Å². The predicted molar refractivity (Wildman–Crippen MR) is 133 cm³/mol. The zero-order valence-corrected chi connectivity index (χ0v) is 19.2. The highest BCUT2D eigenvalue weighted by molar-refractivity contribution is 6.42. The maximum Gasteiger partial charge on any atom is 0.294 e. The van der Waals surface area contributed by atoms with Gasteiger partial charge in [0.25, 0.3) is 11.5 Å². The van der Waals surface area contributed by atoms with Crippen LogP contribution >= 0.6 is 23.2 Å². The second-order valence-corrected chi connectivity index (χ2v) is 8.54. The molecule has 0 aliphatic carbocycles. The maximum absolute atomic E-state index is 13.0. The van der Waals surface area contributed by atoms with Gasteiger partial charge in [0.15, 0.2) is 5.75 Å². The van der Waals surface area contributed by atoms with Crippen LogP contribution in [0.3, 0.4) is 0 Å². The number of nitrogens with one attached hydrogen (secondary N) is 1.